The number of aromatic nitrogens is 4. The number of nitrogens with one attached hydrogen (secondary N) is 2. The van der Waals surface area contributed by atoms with Crippen molar-refractivity contribution in [3.8, 4) is 0 Å². The Balaban J connectivity index is 1.59. The fourth-order valence-corrected chi connectivity index (χ4v) is 2.46. The van der Waals surface area contributed by atoms with Crippen LogP contribution in [0.5, 0.6) is 0 Å². The first kappa shape index (κ1) is 13.5. The van der Waals surface area contributed by atoms with Crippen LogP contribution < -0.4 is 5.32 Å². The number of nitrogens with zero attached hydrogens (tertiary/aromatic N) is 3. The Bertz CT molecular complexity index is 899. The molecule has 0 fully saturated rings. The van der Waals surface area contributed by atoms with Crippen LogP contribution in [-0.4, -0.2) is 19.9 Å². The van der Waals surface area contributed by atoms with E-state index in [1.54, 1.807) is 6.26 Å². The maximum absolute atomic E-state index is 5.32. The van der Waals surface area contributed by atoms with E-state index in [1.807, 2.05) is 30.3 Å². The van der Waals surface area contributed by atoms with Crippen LogP contribution in [0.2, 0.25) is 0 Å². The number of aromatic amines is 1. The number of rotatable bonds is 5. The molecule has 0 aliphatic carbocycles. The Morgan fingerprint density at radius 3 is 2.78 bits per heavy atom. The molecule has 4 rings (SSSR count). The summed E-state index contributed by atoms with van der Waals surface area (Å²) in [6.45, 7) is 0.556. The van der Waals surface area contributed by atoms with Gasteiger partial charge in [0, 0.05) is 6.42 Å². The van der Waals surface area contributed by atoms with Gasteiger partial charge in [0.05, 0.1) is 12.8 Å². The number of fused-ring (bicyclic) bond motifs is 1. The van der Waals surface area contributed by atoms with Crippen LogP contribution in [0, 0.1) is 0 Å². The Morgan fingerprint density at radius 2 is 1.96 bits per heavy atom. The SMILES string of the molecule is c1ccc(Cc2nc3c(NCc4ccco4)ncnc3[nH]2)cc1. The molecule has 6 nitrogen and oxygen atoms in total. The van der Waals surface area contributed by atoms with Gasteiger partial charge >= 0.3 is 0 Å². The van der Waals surface area contributed by atoms with Crippen molar-refractivity contribution < 1.29 is 4.42 Å². The van der Waals surface area contributed by atoms with Crippen LogP contribution >= 0.6 is 0 Å². The first-order chi connectivity index (χ1) is 11.4. The van der Waals surface area contributed by atoms with Crippen molar-refractivity contribution in [2.75, 3.05) is 5.32 Å². The van der Waals surface area contributed by atoms with E-state index in [2.05, 4.69) is 37.4 Å². The van der Waals surface area contributed by atoms with E-state index in [1.165, 1.54) is 11.9 Å². The van der Waals surface area contributed by atoms with Gasteiger partial charge in [-0.05, 0) is 17.7 Å². The molecule has 0 saturated heterocycles. The van der Waals surface area contributed by atoms with Crippen molar-refractivity contribution in [1.82, 2.24) is 19.9 Å². The first-order valence-corrected chi connectivity index (χ1v) is 7.38. The summed E-state index contributed by atoms with van der Waals surface area (Å²) in [6.07, 6.45) is 3.91. The summed E-state index contributed by atoms with van der Waals surface area (Å²) in [5.74, 6) is 2.41. The first-order valence-electron chi connectivity index (χ1n) is 7.38. The molecular weight excluding hydrogens is 290 g/mol. The number of anilines is 1. The minimum atomic E-state index is 0.556. The van der Waals surface area contributed by atoms with Crippen LogP contribution in [0.3, 0.4) is 0 Å². The zero-order valence-electron chi connectivity index (χ0n) is 12.4. The highest BCUT2D eigenvalue weighted by molar-refractivity contribution is 5.82. The van der Waals surface area contributed by atoms with Crippen LogP contribution in [-0.2, 0) is 13.0 Å². The minimum absolute atomic E-state index is 0.556. The standard InChI is InChI=1S/C17H15N5O/c1-2-5-12(6-3-1)9-14-21-15-16(19-11-20-17(15)22-14)18-10-13-7-4-8-23-13/h1-8,11H,9-10H2,(H2,18,19,20,21,22). The normalized spacial score (nSPS) is 11.0. The molecule has 0 unspecified atom stereocenters. The molecule has 1 aromatic carbocycles. The molecule has 0 atom stereocenters. The summed E-state index contributed by atoms with van der Waals surface area (Å²) in [5, 5.41) is 3.24. The second-order valence-corrected chi connectivity index (χ2v) is 5.20. The van der Waals surface area contributed by atoms with E-state index in [4.69, 9.17) is 4.42 Å². The smallest absolute Gasteiger partial charge is 0.163 e. The summed E-state index contributed by atoms with van der Waals surface area (Å²) < 4.78 is 5.32. The minimum Gasteiger partial charge on any atom is -0.467 e. The van der Waals surface area contributed by atoms with E-state index < -0.39 is 0 Å². The third-order valence-electron chi connectivity index (χ3n) is 3.56. The lowest BCUT2D eigenvalue weighted by atomic mass is 10.1. The van der Waals surface area contributed by atoms with Crippen molar-refractivity contribution in [2.24, 2.45) is 0 Å². The van der Waals surface area contributed by atoms with Gasteiger partial charge in [-0.3, -0.25) is 0 Å². The van der Waals surface area contributed by atoms with E-state index >= 15 is 0 Å². The highest BCUT2D eigenvalue weighted by Gasteiger charge is 2.10. The Hall–Kier alpha value is -3.15. The largest absolute Gasteiger partial charge is 0.467 e. The molecule has 6 heteroatoms. The lowest BCUT2D eigenvalue weighted by molar-refractivity contribution is 0.518. The zero-order chi connectivity index (χ0) is 15.5. The van der Waals surface area contributed by atoms with Gasteiger partial charge in [0.15, 0.2) is 17.0 Å². The molecule has 2 N–H and O–H groups in total. The average Bonchev–Trinajstić information content (AvgIpc) is 3.23. The zero-order valence-corrected chi connectivity index (χ0v) is 12.4. The van der Waals surface area contributed by atoms with E-state index in [0.717, 1.165) is 29.2 Å². The van der Waals surface area contributed by atoms with Crippen LogP contribution in [0.4, 0.5) is 5.82 Å². The molecule has 23 heavy (non-hydrogen) atoms. The molecule has 0 spiro atoms. The van der Waals surface area contributed by atoms with Crippen LogP contribution in [0.15, 0.2) is 59.5 Å². The molecule has 4 aromatic rings. The molecule has 0 aliphatic rings. The maximum atomic E-state index is 5.32. The number of hydrogen-bond donors (Lipinski definition) is 2. The quantitative estimate of drug-likeness (QED) is 0.592. The number of furan rings is 1. The van der Waals surface area contributed by atoms with Gasteiger partial charge in [0.25, 0.3) is 0 Å². The fraction of sp³-hybridized carbons (Fsp3) is 0.118. The summed E-state index contributed by atoms with van der Waals surface area (Å²) in [6, 6.07) is 14.0. The van der Waals surface area contributed by atoms with Crippen molar-refractivity contribution in [1.29, 1.82) is 0 Å². The third kappa shape index (κ3) is 2.91. The number of imidazole rings is 1. The van der Waals surface area contributed by atoms with Gasteiger partial charge in [-0.25, -0.2) is 15.0 Å². The topological polar surface area (TPSA) is 79.6 Å². The Labute approximate surface area is 132 Å². The number of hydrogen-bond acceptors (Lipinski definition) is 5. The van der Waals surface area contributed by atoms with Crippen LogP contribution in [0.25, 0.3) is 11.2 Å². The molecule has 3 aromatic heterocycles. The number of benzene rings is 1. The van der Waals surface area contributed by atoms with E-state index in [9.17, 15) is 0 Å². The predicted octanol–water partition coefficient (Wildman–Crippen LogP) is 3.15. The molecule has 3 heterocycles. The molecule has 114 valence electrons. The van der Waals surface area contributed by atoms with Gasteiger partial charge < -0.3 is 14.7 Å². The van der Waals surface area contributed by atoms with E-state index in [0.29, 0.717) is 12.4 Å². The summed E-state index contributed by atoms with van der Waals surface area (Å²) in [5.41, 5.74) is 2.67. The molecule has 0 radical (unpaired) electrons. The molecule has 0 saturated carbocycles. The number of H-pyrrole nitrogens is 1. The van der Waals surface area contributed by atoms with Gasteiger partial charge in [-0.1, -0.05) is 30.3 Å². The second-order valence-electron chi connectivity index (χ2n) is 5.20. The monoisotopic (exact) mass is 305 g/mol. The van der Waals surface area contributed by atoms with Gasteiger partial charge in [-0.2, -0.15) is 0 Å². The van der Waals surface area contributed by atoms with Crippen LogP contribution in [0.1, 0.15) is 17.1 Å². The average molecular weight is 305 g/mol. The maximum Gasteiger partial charge on any atom is 0.163 e. The molecule has 0 aliphatic heterocycles. The summed E-state index contributed by atoms with van der Waals surface area (Å²) in [7, 11) is 0. The highest BCUT2D eigenvalue weighted by atomic mass is 16.3. The van der Waals surface area contributed by atoms with Crippen molar-refractivity contribution in [3.05, 3.63) is 72.2 Å². The van der Waals surface area contributed by atoms with Gasteiger partial charge in [0.2, 0.25) is 0 Å². The highest BCUT2D eigenvalue weighted by Crippen LogP contribution is 2.19. The summed E-state index contributed by atoms with van der Waals surface area (Å²) >= 11 is 0. The van der Waals surface area contributed by atoms with E-state index in [-0.39, 0.29) is 0 Å². The third-order valence-corrected chi connectivity index (χ3v) is 3.56. The Morgan fingerprint density at radius 1 is 1.04 bits per heavy atom. The predicted molar refractivity (Wildman–Crippen MR) is 87.0 cm³/mol. The molecule has 0 bridgehead atoms. The van der Waals surface area contributed by atoms with Crippen molar-refractivity contribution in [3.63, 3.8) is 0 Å². The van der Waals surface area contributed by atoms with Gasteiger partial charge in [0.1, 0.15) is 17.9 Å². The lowest BCUT2D eigenvalue weighted by Crippen LogP contribution is -2.01. The fourth-order valence-electron chi connectivity index (χ4n) is 2.46. The van der Waals surface area contributed by atoms with Gasteiger partial charge in [-0.15, -0.1) is 0 Å². The lowest BCUT2D eigenvalue weighted by Gasteiger charge is -2.02. The molecular formula is C17H15N5O. The van der Waals surface area contributed by atoms with Crippen molar-refractivity contribution in [2.45, 2.75) is 13.0 Å². The Kier molecular flexibility index (Phi) is 3.48. The molecule has 0 amide bonds. The second kappa shape index (κ2) is 5.92. The summed E-state index contributed by atoms with van der Waals surface area (Å²) in [4.78, 5) is 16.4. The van der Waals surface area contributed by atoms with Crippen molar-refractivity contribution >= 4 is 17.0 Å².